The fraction of sp³-hybridized carbons (Fsp3) is 0.708. The first-order valence-corrected chi connectivity index (χ1v) is 11.7. The summed E-state index contributed by atoms with van der Waals surface area (Å²) in [5.74, 6) is 0.876. The number of halogens is 1. The van der Waals surface area contributed by atoms with Gasteiger partial charge in [-0.25, -0.2) is 4.99 Å². The molecular weight excluding hydrogens is 503 g/mol. The van der Waals surface area contributed by atoms with Gasteiger partial charge in [0.15, 0.2) is 5.96 Å². The first kappa shape index (κ1) is 26.4. The second-order valence-electron chi connectivity index (χ2n) is 8.74. The molecule has 1 saturated heterocycles. The highest BCUT2D eigenvalue weighted by Gasteiger charge is 2.31. The van der Waals surface area contributed by atoms with Crippen LogP contribution in [0.2, 0.25) is 0 Å². The lowest BCUT2D eigenvalue weighted by Gasteiger charge is -2.37. The number of hydrogen-bond acceptors (Lipinski definition) is 4. The quantitative estimate of drug-likeness (QED) is 0.252. The van der Waals surface area contributed by atoms with Gasteiger partial charge in [-0.2, -0.15) is 0 Å². The Bertz CT molecular complexity index is 653. The zero-order chi connectivity index (χ0) is 21.1. The van der Waals surface area contributed by atoms with E-state index in [-0.39, 0.29) is 36.0 Å². The second-order valence-corrected chi connectivity index (χ2v) is 8.74. The number of benzene rings is 1. The van der Waals surface area contributed by atoms with Gasteiger partial charge in [0.2, 0.25) is 0 Å². The smallest absolute Gasteiger partial charge is 0.191 e. The molecule has 0 atom stereocenters. The highest BCUT2D eigenvalue weighted by Crippen LogP contribution is 2.38. The van der Waals surface area contributed by atoms with Crippen LogP contribution in [0.15, 0.2) is 29.3 Å². The second kappa shape index (κ2) is 14.3. The van der Waals surface area contributed by atoms with Crippen LogP contribution in [0, 0.1) is 5.41 Å². The minimum atomic E-state index is 0. The molecule has 3 rings (SSSR count). The summed E-state index contributed by atoms with van der Waals surface area (Å²) in [6, 6.07) is 8.64. The van der Waals surface area contributed by atoms with Gasteiger partial charge >= 0.3 is 0 Å². The number of guanidine groups is 1. The van der Waals surface area contributed by atoms with Crippen LogP contribution in [0.1, 0.15) is 56.6 Å². The van der Waals surface area contributed by atoms with Crippen LogP contribution >= 0.6 is 24.0 Å². The molecular formula is C24H41IN4O2. The SMILES string of the molecule is CCNC(=NCc1ccccc1CN1CCOCC1)NCC1(CCO)CCCCC1.I. The third-order valence-electron chi connectivity index (χ3n) is 6.55. The summed E-state index contributed by atoms with van der Waals surface area (Å²) < 4.78 is 5.48. The topological polar surface area (TPSA) is 69.1 Å². The summed E-state index contributed by atoms with van der Waals surface area (Å²) >= 11 is 0. The molecule has 1 aromatic rings. The summed E-state index contributed by atoms with van der Waals surface area (Å²) in [6.45, 7) is 9.36. The van der Waals surface area contributed by atoms with Crippen molar-refractivity contribution in [2.24, 2.45) is 10.4 Å². The summed E-state index contributed by atoms with van der Waals surface area (Å²) in [4.78, 5) is 7.36. The van der Waals surface area contributed by atoms with E-state index in [9.17, 15) is 5.11 Å². The molecule has 7 heteroatoms. The first-order chi connectivity index (χ1) is 14.7. The zero-order valence-corrected chi connectivity index (χ0v) is 21.4. The highest BCUT2D eigenvalue weighted by molar-refractivity contribution is 14.0. The molecule has 176 valence electrons. The summed E-state index contributed by atoms with van der Waals surface area (Å²) in [5.41, 5.74) is 2.84. The molecule has 1 saturated carbocycles. The fourth-order valence-electron chi connectivity index (χ4n) is 4.70. The minimum Gasteiger partial charge on any atom is -0.396 e. The van der Waals surface area contributed by atoms with E-state index in [1.807, 2.05) is 0 Å². The predicted molar refractivity (Wildman–Crippen MR) is 138 cm³/mol. The van der Waals surface area contributed by atoms with E-state index < -0.39 is 0 Å². The average molecular weight is 545 g/mol. The molecule has 0 aromatic heterocycles. The molecule has 0 spiro atoms. The Morgan fingerprint density at radius 2 is 1.81 bits per heavy atom. The largest absolute Gasteiger partial charge is 0.396 e. The number of morpholine rings is 1. The molecule has 6 nitrogen and oxygen atoms in total. The van der Waals surface area contributed by atoms with E-state index in [4.69, 9.17) is 9.73 Å². The maximum Gasteiger partial charge on any atom is 0.191 e. The van der Waals surface area contributed by atoms with Gasteiger partial charge in [-0.1, -0.05) is 43.5 Å². The zero-order valence-electron chi connectivity index (χ0n) is 19.1. The van der Waals surface area contributed by atoms with Crippen molar-refractivity contribution in [2.75, 3.05) is 46.0 Å². The van der Waals surface area contributed by atoms with Gasteiger partial charge in [-0.05, 0) is 42.7 Å². The maximum atomic E-state index is 9.58. The molecule has 1 aliphatic carbocycles. The Morgan fingerprint density at radius 3 is 2.48 bits per heavy atom. The van der Waals surface area contributed by atoms with E-state index in [1.165, 1.54) is 43.2 Å². The molecule has 0 radical (unpaired) electrons. The van der Waals surface area contributed by atoms with Crippen molar-refractivity contribution in [1.29, 1.82) is 0 Å². The molecule has 0 amide bonds. The predicted octanol–water partition coefficient (Wildman–Crippen LogP) is 3.52. The van der Waals surface area contributed by atoms with Crippen LogP contribution < -0.4 is 10.6 Å². The Kier molecular flexibility index (Phi) is 12.1. The van der Waals surface area contributed by atoms with Crippen molar-refractivity contribution in [3.63, 3.8) is 0 Å². The van der Waals surface area contributed by atoms with Crippen LogP contribution in [0.4, 0.5) is 0 Å². The summed E-state index contributed by atoms with van der Waals surface area (Å²) in [6.07, 6.45) is 7.13. The van der Waals surface area contributed by atoms with Gasteiger partial charge in [0.1, 0.15) is 0 Å². The van der Waals surface area contributed by atoms with Crippen molar-refractivity contribution in [3.05, 3.63) is 35.4 Å². The molecule has 1 heterocycles. The average Bonchev–Trinajstić information content (AvgIpc) is 2.78. The van der Waals surface area contributed by atoms with Gasteiger partial charge in [0, 0.05) is 39.3 Å². The van der Waals surface area contributed by atoms with Gasteiger partial charge in [0.25, 0.3) is 0 Å². The number of aliphatic hydroxyl groups is 1. The fourth-order valence-corrected chi connectivity index (χ4v) is 4.70. The Balaban J connectivity index is 0.00000341. The van der Waals surface area contributed by atoms with Crippen LogP contribution in [-0.4, -0.2) is 62.0 Å². The molecule has 1 aromatic carbocycles. The molecule has 31 heavy (non-hydrogen) atoms. The lowest BCUT2D eigenvalue weighted by atomic mass is 9.72. The number of ether oxygens (including phenoxy) is 1. The molecule has 3 N–H and O–H groups in total. The first-order valence-electron chi connectivity index (χ1n) is 11.7. The maximum absolute atomic E-state index is 9.58. The van der Waals surface area contributed by atoms with Crippen molar-refractivity contribution in [1.82, 2.24) is 15.5 Å². The number of hydrogen-bond donors (Lipinski definition) is 3. The third kappa shape index (κ3) is 8.51. The van der Waals surface area contributed by atoms with Crippen molar-refractivity contribution < 1.29 is 9.84 Å². The summed E-state index contributed by atoms with van der Waals surface area (Å²) in [7, 11) is 0. The monoisotopic (exact) mass is 544 g/mol. The van der Waals surface area contributed by atoms with Crippen LogP contribution in [0.5, 0.6) is 0 Å². The Morgan fingerprint density at radius 1 is 1.10 bits per heavy atom. The molecule has 2 aliphatic rings. The number of nitrogens with one attached hydrogen (secondary N) is 2. The standard InChI is InChI=1S/C24H40N4O2.HI/c1-2-25-23(27-20-24(12-15-29)10-6-3-7-11-24)26-18-21-8-4-5-9-22(21)19-28-13-16-30-17-14-28;/h4-5,8-9,29H,2-3,6-7,10-20H2,1H3,(H2,25,26,27);1H. The lowest BCUT2D eigenvalue weighted by Crippen LogP contribution is -2.45. The molecule has 0 unspecified atom stereocenters. The van der Waals surface area contributed by atoms with Crippen molar-refractivity contribution in [2.45, 2.75) is 58.5 Å². The Labute approximate surface area is 205 Å². The molecule has 1 aliphatic heterocycles. The third-order valence-corrected chi connectivity index (χ3v) is 6.55. The normalized spacial score (nSPS) is 19.5. The Hall–Kier alpha value is -0.900. The molecule has 0 bridgehead atoms. The van der Waals surface area contributed by atoms with Crippen molar-refractivity contribution in [3.8, 4) is 0 Å². The minimum absolute atomic E-state index is 0. The van der Waals surface area contributed by atoms with Gasteiger partial charge in [0.05, 0.1) is 19.8 Å². The molecule has 2 fully saturated rings. The number of rotatable bonds is 9. The summed E-state index contributed by atoms with van der Waals surface area (Å²) in [5, 5.41) is 16.6. The van der Waals surface area contributed by atoms with Gasteiger partial charge in [-0.3, -0.25) is 4.90 Å². The van der Waals surface area contributed by atoms with E-state index >= 15 is 0 Å². The lowest BCUT2D eigenvalue weighted by molar-refractivity contribution is 0.0341. The van der Waals surface area contributed by atoms with Gasteiger partial charge in [-0.15, -0.1) is 24.0 Å². The van der Waals surface area contributed by atoms with Crippen molar-refractivity contribution >= 4 is 29.9 Å². The van der Waals surface area contributed by atoms with Gasteiger partial charge < -0.3 is 20.5 Å². The van der Waals surface area contributed by atoms with E-state index in [2.05, 4.69) is 46.7 Å². The number of aliphatic hydroxyl groups excluding tert-OH is 1. The van der Waals surface area contributed by atoms with E-state index in [0.717, 1.165) is 58.3 Å². The highest BCUT2D eigenvalue weighted by atomic mass is 127. The number of nitrogens with zero attached hydrogens (tertiary/aromatic N) is 2. The number of aliphatic imine (C=N–C) groups is 1. The van der Waals surface area contributed by atoms with Crippen LogP contribution in [-0.2, 0) is 17.8 Å². The van der Waals surface area contributed by atoms with E-state index in [0.29, 0.717) is 6.54 Å². The van der Waals surface area contributed by atoms with Crippen LogP contribution in [0.25, 0.3) is 0 Å². The van der Waals surface area contributed by atoms with E-state index in [1.54, 1.807) is 0 Å². The van der Waals surface area contributed by atoms with Crippen LogP contribution in [0.3, 0.4) is 0 Å².